The van der Waals surface area contributed by atoms with Gasteiger partial charge < -0.3 is 10.7 Å². The Morgan fingerprint density at radius 1 is 1.00 bits per heavy atom. The fourth-order valence-electron chi connectivity index (χ4n) is 1.51. The van der Waals surface area contributed by atoms with Gasteiger partial charge in [-0.15, -0.1) is 0 Å². The molecule has 0 unspecified atom stereocenters. The third-order valence-corrected chi connectivity index (χ3v) is 2.71. The molecule has 0 rings (SSSR count). The van der Waals surface area contributed by atoms with E-state index in [-0.39, 0.29) is 0 Å². The van der Waals surface area contributed by atoms with Crippen LogP contribution >= 0.6 is 12.2 Å². The molecule has 0 bridgehead atoms. The maximum absolute atomic E-state index is 5.13. The molecule has 0 saturated heterocycles. The SMILES string of the molecule is CCCCCCCCCCNC(=S)NN. The van der Waals surface area contributed by atoms with Crippen LogP contribution in [0.15, 0.2) is 0 Å². The van der Waals surface area contributed by atoms with Crippen LogP contribution in [0.4, 0.5) is 0 Å². The van der Waals surface area contributed by atoms with Gasteiger partial charge in [-0.25, -0.2) is 5.84 Å². The zero-order valence-corrected chi connectivity index (χ0v) is 10.7. The Morgan fingerprint density at radius 3 is 2.07 bits per heavy atom. The third-order valence-electron chi connectivity index (χ3n) is 2.45. The van der Waals surface area contributed by atoms with Crippen molar-refractivity contribution in [1.82, 2.24) is 10.7 Å². The number of thiocarbonyl (C=S) groups is 1. The summed E-state index contributed by atoms with van der Waals surface area (Å²) in [6.45, 7) is 3.18. The quantitative estimate of drug-likeness (QED) is 0.247. The highest BCUT2D eigenvalue weighted by Gasteiger charge is 1.92. The number of nitrogens with one attached hydrogen (secondary N) is 2. The number of nitrogens with two attached hydrogens (primary N) is 1. The number of unbranched alkanes of at least 4 members (excludes halogenated alkanes) is 7. The van der Waals surface area contributed by atoms with Gasteiger partial charge >= 0.3 is 0 Å². The van der Waals surface area contributed by atoms with E-state index in [1.807, 2.05) is 0 Å². The molecule has 0 aromatic heterocycles. The first-order valence-electron chi connectivity index (χ1n) is 6.05. The van der Waals surface area contributed by atoms with E-state index < -0.39 is 0 Å². The van der Waals surface area contributed by atoms with Gasteiger partial charge in [-0.05, 0) is 18.6 Å². The normalized spacial score (nSPS) is 10.0. The van der Waals surface area contributed by atoms with Gasteiger partial charge in [0.05, 0.1) is 0 Å². The summed E-state index contributed by atoms with van der Waals surface area (Å²) in [4.78, 5) is 0. The molecular formula is C11H25N3S. The van der Waals surface area contributed by atoms with Crippen LogP contribution in [0.5, 0.6) is 0 Å². The molecule has 0 spiro atoms. The molecule has 4 heteroatoms. The second-order valence-corrected chi connectivity index (χ2v) is 4.28. The molecule has 90 valence electrons. The molecule has 0 fully saturated rings. The largest absolute Gasteiger partial charge is 0.362 e. The third kappa shape index (κ3) is 11.6. The van der Waals surface area contributed by atoms with Crippen LogP contribution in [-0.2, 0) is 0 Å². The summed E-state index contributed by atoms with van der Waals surface area (Å²) < 4.78 is 0. The summed E-state index contributed by atoms with van der Waals surface area (Å²) in [5, 5.41) is 3.58. The molecule has 4 N–H and O–H groups in total. The van der Waals surface area contributed by atoms with Crippen molar-refractivity contribution in [3.05, 3.63) is 0 Å². The molecule has 0 aliphatic rings. The van der Waals surface area contributed by atoms with Crippen LogP contribution in [0.25, 0.3) is 0 Å². The van der Waals surface area contributed by atoms with E-state index in [1.165, 1.54) is 51.4 Å². The van der Waals surface area contributed by atoms with Crippen LogP contribution < -0.4 is 16.6 Å². The summed E-state index contributed by atoms with van der Waals surface area (Å²) in [5.74, 6) is 5.13. The van der Waals surface area contributed by atoms with Crippen LogP contribution in [0.3, 0.4) is 0 Å². The average molecular weight is 231 g/mol. The van der Waals surface area contributed by atoms with Crippen LogP contribution in [-0.4, -0.2) is 11.7 Å². The summed E-state index contributed by atoms with van der Waals surface area (Å²) in [5.41, 5.74) is 2.41. The van der Waals surface area contributed by atoms with Crippen molar-refractivity contribution in [3.8, 4) is 0 Å². The molecule has 0 aromatic carbocycles. The predicted molar refractivity (Wildman–Crippen MR) is 70.5 cm³/mol. The Kier molecular flexibility index (Phi) is 11.4. The van der Waals surface area contributed by atoms with Gasteiger partial charge in [0.1, 0.15) is 0 Å². The second kappa shape index (κ2) is 11.7. The van der Waals surface area contributed by atoms with Gasteiger partial charge in [-0.1, -0.05) is 51.9 Å². The lowest BCUT2D eigenvalue weighted by molar-refractivity contribution is 0.572. The van der Waals surface area contributed by atoms with Gasteiger partial charge in [0.2, 0.25) is 0 Å². The minimum atomic E-state index is 0.540. The summed E-state index contributed by atoms with van der Waals surface area (Å²) in [7, 11) is 0. The van der Waals surface area contributed by atoms with Crippen molar-refractivity contribution in [2.75, 3.05) is 6.54 Å². The topological polar surface area (TPSA) is 50.1 Å². The molecule has 0 aliphatic heterocycles. The van der Waals surface area contributed by atoms with Gasteiger partial charge in [-0.3, -0.25) is 0 Å². The van der Waals surface area contributed by atoms with Gasteiger partial charge in [-0.2, -0.15) is 0 Å². The number of hydrogen-bond acceptors (Lipinski definition) is 2. The second-order valence-electron chi connectivity index (χ2n) is 3.88. The summed E-state index contributed by atoms with van der Waals surface area (Å²) in [6, 6.07) is 0. The Bertz CT molecular complexity index is 151. The minimum absolute atomic E-state index is 0.540. The highest BCUT2D eigenvalue weighted by molar-refractivity contribution is 7.80. The molecule has 0 heterocycles. The van der Waals surface area contributed by atoms with Gasteiger partial charge in [0, 0.05) is 6.54 Å². The van der Waals surface area contributed by atoms with Crippen molar-refractivity contribution in [2.24, 2.45) is 5.84 Å². The van der Waals surface area contributed by atoms with E-state index in [0.29, 0.717) is 5.11 Å². The molecule has 3 nitrogen and oxygen atoms in total. The van der Waals surface area contributed by atoms with E-state index >= 15 is 0 Å². The van der Waals surface area contributed by atoms with Crippen LogP contribution in [0.1, 0.15) is 58.3 Å². The Labute approximate surface area is 99.2 Å². The van der Waals surface area contributed by atoms with Gasteiger partial charge in [0.15, 0.2) is 5.11 Å². The van der Waals surface area contributed by atoms with E-state index in [4.69, 9.17) is 18.1 Å². The lowest BCUT2D eigenvalue weighted by atomic mass is 10.1. The molecule has 0 radical (unpaired) electrons. The first-order chi connectivity index (χ1) is 7.31. The fraction of sp³-hybridized carbons (Fsp3) is 0.909. The van der Waals surface area contributed by atoms with Crippen molar-refractivity contribution in [2.45, 2.75) is 58.3 Å². The summed E-state index contributed by atoms with van der Waals surface area (Å²) in [6.07, 6.45) is 10.7. The zero-order valence-electron chi connectivity index (χ0n) is 9.85. The van der Waals surface area contributed by atoms with E-state index in [2.05, 4.69) is 17.7 Å². The minimum Gasteiger partial charge on any atom is -0.362 e. The van der Waals surface area contributed by atoms with Crippen molar-refractivity contribution in [1.29, 1.82) is 0 Å². The number of hydrogen-bond donors (Lipinski definition) is 3. The maximum Gasteiger partial charge on any atom is 0.180 e. The van der Waals surface area contributed by atoms with Gasteiger partial charge in [0.25, 0.3) is 0 Å². The first-order valence-corrected chi connectivity index (χ1v) is 6.46. The van der Waals surface area contributed by atoms with Crippen molar-refractivity contribution in [3.63, 3.8) is 0 Å². The van der Waals surface area contributed by atoms with E-state index in [9.17, 15) is 0 Å². The molecule has 0 aromatic rings. The standard InChI is InChI=1S/C11H25N3S/c1-2-3-4-5-6-7-8-9-10-13-11(15)14-12/h2-10,12H2,1H3,(H2,13,14,15). The Morgan fingerprint density at radius 2 is 1.53 bits per heavy atom. The average Bonchev–Trinajstić information content (AvgIpc) is 2.26. The smallest absolute Gasteiger partial charge is 0.180 e. The first kappa shape index (κ1) is 14.6. The fourth-order valence-corrected chi connectivity index (χ4v) is 1.61. The molecule has 0 atom stereocenters. The molecule has 0 amide bonds. The highest BCUT2D eigenvalue weighted by Crippen LogP contribution is 2.07. The zero-order chi connectivity index (χ0) is 11.4. The monoisotopic (exact) mass is 231 g/mol. The van der Waals surface area contributed by atoms with Crippen LogP contribution in [0, 0.1) is 0 Å². The Hall–Kier alpha value is -0.350. The molecule has 0 saturated carbocycles. The maximum atomic E-state index is 5.13. The molecule has 15 heavy (non-hydrogen) atoms. The number of hydrazine groups is 1. The lowest BCUT2D eigenvalue weighted by Crippen LogP contribution is -2.39. The predicted octanol–water partition coefficient (Wildman–Crippen LogP) is 2.46. The van der Waals surface area contributed by atoms with E-state index in [1.54, 1.807) is 0 Å². The van der Waals surface area contributed by atoms with Crippen molar-refractivity contribution >= 4 is 17.3 Å². The molecular weight excluding hydrogens is 206 g/mol. The summed E-state index contributed by atoms with van der Waals surface area (Å²) >= 11 is 4.86. The van der Waals surface area contributed by atoms with Crippen molar-refractivity contribution < 1.29 is 0 Å². The van der Waals surface area contributed by atoms with E-state index in [0.717, 1.165) is 6.54 Å². The molecule has 0 aliphatic carbocycles. The van der Waals surface area contributed by atoms with Crippen LogP contribution in [0.2, 0.25) is 0 Å². The lowest BCUT2D eigenvalue weighted by Gasteiger charge is -2.06. The Balaban J connectivity index is 2.95. The number of rotatable bonds is 9. The highest BCUT2D eigenvalue weighted by atomic mass is 32.1.